The summed E-state index contributed by atoms with van der Waals surface area (Å²) in [5, 5.41) is 0. The Bertz CT molecular complexity index is 812. The van der Waals surface area contributed by atoms with Gasteiger partial charge in [-0.1, -0.05) is 83.1 Å². The number of hydrogen-bond donors (Lipinski definition) is 0. The van der Waals surface area contributed by atoms with Crippen molar-refractivity contribution in [2.45, 2.75) is 76.6 Å². The van der Waals surface area contributed by atoms with E-state index < -0.39 is 28.9 Å². The van der Waals surface area contributed by atoms with Crippen molar-refractivity contribution in [3.8, 4) is 0 Å². The molecular weight excluding hydrogens is 402 g/mol. The lowest BCUT2D eigenvalue weighted by Gasteiger charge is -2.38. The Labute approximate surface area is 174 Å². The number of benzene rings is 2. The van der Waals surface area contributed by atoms with Crippen molar-refractivity contribution in [1.29, 1.82) is 0 Å². The molecular formula is C24H28F6. The molecule has 1 atom stereocenters. The lowest BCUT2D eigenvalue weighted by molar-refractivity contribution is -0.288. The Hall–Kier alpha value is -1.98. The van der Waals surface area contributed by atoms with E-state index in [-0.39, 0.29) is 11.3 Å². The minimum Gasteiger partial charge on any atom is -0.169 e. The third-order valence-corrected chi connectivity index (χ3v) is 6.36. The predicted molar refractivity (Wildman–Crippen MR) is 108 cm³/mol. The van der Waals surface area contributed by atoms with E-state index in [1.807, 2.05) is 34.6 Å². The Balaban J connectivity index is 2.75. The second kappa shape index (κ2) is 8.27. The average molecular weight is 430 g/mol. The van der Waals surface area contributed by atoms with Crippen molar-refractivity contribution < 1.29 is 26.3 Å². The molecule has 0 aliphatic rings. The van der Waals surface area contributed by atoms with Crippen LogP contribution in [0.3, 0.4) is 0 Å². The van der Waals surface area contributed by atoms with E-state index in [4.69, 9.17) is 0 Å². The van der Waals surface area contributed by atoms with Crippen LogP contribution >= 0.6 is 0 Å². The summed E-state index contributed by atoms with van der Waals surface area (Å²) in [6, 6.07) is 9.34. The van der Waals surface area contributed by atoms with Gasteiger partial charge < -0.3 is 0 Å². The summed E-state index contributed by atoms with van der Waals surface area (Å²) < 4.78 is 85.5. The Morgan fingerprint density at radius 1 is 0.667 bits per heavy atom. The number of halogens is 6. The van der Waals surface area contributed by atoms with Gasteiger partial charge in [0.05, 0.1) is 0 Å². The second-order valence-electron chi connectivity index (χ2n) is 8.49. The van der Waals surface area contributed by atoms with Crippen molar-refractivity contribution in [2.24, 2.45) is 0 Å². The average Bonchev–Trinajstić information content (AvgIpc) is 2.66. The highest BCUT2D eigenvalue weighted by Crippen LogP contribution is 2.56. The minimum atomic E-state index is -5.56. The van der Waals surface area contributed by atoms with Crippen LogP contribution in [0.25, 0.3) is 0 Å². The van der Waals surface area contributed by atoms with Crippen molar-refractivity contribution in [1.82, 2.24) is 0 Å². The van der Waals surface area contributed by atoms with E-state index >= 15 is 0 Å². The lowest BCUT2D eigenvalue weighted by atomic mass is 9.71. The molecule has 0 bridgehead atoms. The second-order valence-corrected chi connectivity index (χ2v) is 8.49. The molecule has 0 saturated heterocycles. The zero-order valence-corrected chi connectivity index (χ0v) is 17.9. The van der Waals surface area contributed by atoms with Gasteiger partial charge in [-0.2, -0.15) is 26.3 Å². The van der Waals surface area contributed by atoms with Gasteiger partial charge >= 0.3 is 12.4 Å². The van der Waals surface area contributed by atoms with E-state index in [2.05, 4.69) is 0 Å². The van der Waals surface area contributed by atoms with Crippen LogP contribution in [0.5, 0.6) is 0 Å². The van der Waals surface area contributed by atoms with Gasteiger partial charge in [0.25, 0.3) is 0 Å². The molecule has 2 rings (SSSR count). The van der Waals surface area contributed by atoms with Gasteiger partial charge in [-0.25, -0.2) is 0 Å². The van der Waals surface area contributed by atoms with E-state index in [1.165, 1.54) is 24.3 Å². The first-order chi connectivity index (χ1) is 13.7. The topological polar surface area (TPSA) is 0 Å². The fraction of sp³-hybridized carbons (Fsp3) is 0.500. The van der Waals surface area contributed by atoms with Gasteiger partial charge in [0.1, 0.15) is 0 Å². The van der Waals surface area contributed by atoms with Gasteiger partial charge in [-0.15, -0.1) is 0 Å². The maximum absolute atomic E-state index is 14.2. The molecule has 2 aromatic rings. The maximum atomic E-state index is 14.2. The molecule has 1 unspecified atom stereocenters. The van der Waals surface area contributed by atoms with E-state index in [0.717, 1.165) is 30.7 Å². The molecule has 0 aliphatic carbocycles. The third-order valence-electron chi connectivity index (χ3n) is 6.36. The van der Waals surface area contributed by atoms with Gasteiger partial charge in [0.15, 0.2) is 0 Å². The van der Waals surface area contributed by atoms with Crippen molar-refractivity contribution in [2.75, 3.05) is 0 Å². The van der Waals surface area contributed by atoms with E-state index in [0.29, 0.717) is 17.5 Å². The molecule has 0 nitrogen and oxygen atoms in total. The minimum absolute atomic E-state index is 0.0424. The van der Waals surface area contributed by atoms with Crippen LogP contribution in [-0.2, 0) is 10.8 Å². The van der Waals surface area contributed by atoms with E-state index in [9.17, 15) is 26.3 Å². The highest BCUT2D eigenvalue weighted by atomic mass is 19.4. The first kappa shape index (κ1) is 24.3. The standard InChI is InChI=1S/C24H28F6/c1-6-16(3)17-8-10-19(11-9-17)22(23(25,26)27,24(28,29)30)20-14-12-18(13-15-20)21(4,5)7-2/h8-16H,6-7H2,1-5H3. The SMILES string of the molecule is CCC(C)c1ccc(C(c2ccc(C(C)(C)CC)cc2)(C(F)(F)F)C(F)(F)F)cc1. The molecule has 6 heteroatoms. The van der Waals surface area contributed by atoms with Crippen LogP contribution in [0, 0.1) is 0 Å². The van der Waals surface area contributed by atoms with Gasteiger partial charge in [0.2, 0.25) is 5.41 Å². The lowest BCUT2D eigenvalue weighted by Crippen LogP contribution is -2.54. The van der Waals surface area contributed by atoms with Gasteiger partial charge in [-0.3, -0.25) is 0 Å². The molecule has 0 heterocycles. The molecule has 0 amide bonds. The number of alkyl halides is 6. The fourth-order valence-electron chi connectivity index (χ4n) is 3.65. The van der Waals surface area contributed by atoms with Crippen LogP contribution in [0.15, 0.2) is 48.5 Å². The Morgan fingerprint density at radius 2 is 1.03 bits per heavy atom. The highest BCUT2D eigenvalue weighted by Gasteiger charge is 2.72. The summed E-state index contributed by atoms with van der Waals surface area (Å²) in [5.74, 6) is 0.0424. The first-order valence-electron chi connectivity index (χ1n) is 10.1. The van der Waals surface area contributed by atoms with Crippen LogP contribution in [-0.4, -0.2) is 12.4 Å². The van der Waals surface area contributed by atoms with Crippen LogP contribution in [0.2, 0.25) is 0 Å². The molecule has 166 valence electrons. The smallest absolute Gasteiger partial charge is 0.169 e. The molecule has 0 aromatic heterocycles. The highest BCUT2D eigenvalue weighted by molar-refractivity contribution is 5.46. The van der Waals surface area contributed by atoms with Crippen LogP contribution in [0.4, 0.5) is 26.3 Å². The summed E-state index contributed by atoms with van der Waals surface area (Å²) >= 11 is 0. The molecule has 0 aliphatic heterocycles. The van der Waals surface area contributed by atoms with Crippen molar-refractivity contribution >= 4 is 0 Å². The molecule has 0 saturated carbocycles. The third kappa shape index (κ3) is 4.10. The summed E-state index contributed by atoms with van der Waals surface area (Å²) in [5.41, 5.74) is -4.69. The molecule has 30 heavy (non-hydrogen) atoms. The molecule has 0 radical (unpaired) electrons. The summed E-state index contributed by atoms with van der Waals surface area (Å²) in [6.07, 6.45) is -9.69. The molecule has 0 fully saturated rings. The van der Waals surface area contributed by atoms with Crippen molar-refractivity contribution in [3.05, 3.63) is 70.8 Å². The van der Waals surface area contributed by atoms with Crippen molar-refractivity contribution in [3.63, 3.8) is 0 Å². The predicted octanol–water partition coefficient (Wildman–Crippen LogP) is 8.30. The van der Waals surface area contributed by atoms with Gasteiger partial charge in [0, 0.05) is 0 Å². The summed E-state index contributed by atoms with van der Waals surface area (Å²) in [7, 11) is 0. The molecule has 0 N–H and O–H groups in total. The zero-order chi connectivity index (χ0) is 23.0. The largest absolute Gasteiger partial charge is 0.411 e. The molecule has 2 aromatic carbocycles. The van der Waals surface area contributed by atoms with Crippen LogP contribution < -0.4 is 0 Å². The first-order valence-corrected chi connectivity index (χ1v) is 10.1. The normalized spacial score (nSPS) is 14.6. The maximum Gasteiger partial charge on any atom is 0.411 e. The number of rotatable bonds is 6. The van der Waals surface area contributed by atoms with Gasteiger partial charge in [-0.05, 0) is 46.4 Å². The number of hydrogen-bond acceptors (Lipinski definition) is 0. The van der Waals surface area contributed by atoms with Crippen LogP contribution in [0.1, 0.15) is 75.6 Å². The fourth-order valence-corrected chi connectivity index (χ4v) is 3.65. The molecule has 0 spiro atoms. The Kier molecular flexibility index (Phi) is 6.70. The zero-order valence-electron chi connectivity index (χ0n) is 17.9. The summed E-state index contributed by atoms with van der Waals surface area (Å²) in [4.78, 5) is 0. The van der Waals surface area contributed by atoms with E-state index in [1.54, 1.807) is 0 Å². The quantitative estimate of drug-likeness (QED) is 0.404. The summed E-state index contributed by atoms with van der Waals surface area (Å²) in [6.45, 7) is 9.51. The Morgan fingerprint density at radius 3 is 1.37 bits per heavy atom. The monoisotopic (exact) mass is 430 g/mol.